The van der Waals surface area contributed by atoms with Crippen molar-refractivity contribution in [1.82, 2.24) is 0 Å². The van der Waals surface area contributed by atoms with Crippen LogP contribution in [0.4, 0.5) is 0 Å². The van der Waals surface area contributed by atoms with Gasteiger partial charge in [-0.05, 0) is 57.1 Å². The van der Waals surface area contributed by atoms with E-state index in [2.05, 4.69) is 67.7 Å². The maximum atomic E-state index is 12.4. The number of benzene rings is 1. The predicted octanol–water partition coefficient (Wildman–Crippen LogP) is 7.95. The van der Waals surface area contributed by atoms with E-state index in [9.17, 15) is 14.3 Å². The van der Waals surface area contributed by atoms with Gasteiger partial charge in [-0.1, -0.05) is 98.0 Å². The number of hydrogen-bond donors (Lipinski definition) is 2. The fraction of sp³-hybridized carbons (Fsp3) is 0.472. The highest BCUT2D eigenvalue weighted by molar-refractivity contribution is 7.47. The van der Waals surface area contributed by atoms with Gasteiger partial charge in [0.25, 0.3) is 0 Å². The number of carbonyl (C=O) groups excluding carboxylic acids is 1. The fourth-order valence-electron chi connectivity index (χ4n) is 3.67. The summed E-state index contributed by atoms with van der Waals surface area (Å²) in [5, 5.41) is 0. The van der Waals surface area contributed by atoms with Gasteiger partial charge in [0.2, 0.25) is 0 Å². The summed E-state index contributed by atoms with van der Waals surface area (Å²) in [6, 6.07) is 9.44. The third kappa shape index (κ3) is 26.2. The fourth-order valence-corrected chi connectivity index (χ4v) is 4.43. The van der Waals surface area contributed by atoms with Crippen molar-refractivity contribution in [3.05, 3.63) is 103 Å². The smallest absolute Gasteiger partial charge is 0.472 e. The Balaban J connectivity index is 2.28. The van der Waals surface area contributed by atoms with Gasteiger partial charge in [-0.25, -0.2) is 4.57 Å². The first kappa shape index (κ1) is 41.0. The lowest BCUT2D eigenvalue weighted by atomic mass is 10.2. The highest BCUT2D eigenvalue weighted by Crippen LogP contribution is 2.43. The van der Waals surface area contributed by atoms with Crippen LogP contribution < -0.4 is 10.5 Å². The summed E-state index contributed by atoms with van der Waals surface area (Å²) in [6.45, 7) is 2.50. The molecule has 0 fully saturated rings. The van der Waals surface area contributed by atoms with Crippen molar-refractivity contribution in [3.8, 4) is 5.75 Å². The summed E-state index contributed by atoms with van der Waals surface area (Å²) in [6.07, 6.45) is 31.6. The van der Waals surface area contributed by atoms with E-state index in [1.165, 1.54) is 0 Å². The van der Waals surface area contributed by atoms with Crippen LogP contribution in [0.25, 0.3) is 0 Å². The summed E-state index contributed by atoms with van der Waals surface area (Å²) in [4.78, 5) is 22.2. The van der Waals surface area contributed by atoms with E-state index in [4.69, 9.17) is 29.0 Å². The molecule has 46 heavy (non-hydrogen) atoms. The first-order chi connectivity index (χ1) is 22.5. The van der Waals surface area contributed by atoms with Gasteiger partial charge in [0.15, 0.2) is 0 Å². The molecule has 0 radical (unpaired) electrons. The second-order valence-electron chi connectivity index (χ2n) is 10.0. The molecule has 256 valence electrons. The summed E-state index contributed by atoms with van der Waals surface area (Å²) >= 11 is 0. The number of esters is 1. The Morgan fingerprint density at radius 2 is 1.35 bits per heavy atom. The topological polar surface area (TPSA) is 127 Å². The molecular formula is C36H54NO8P. The standard InChI is InChI=1S/C36H54NO8P/c1-2-3-4-5-6-7-8-9-10-11-12-13-14-15-16-17-18-19-23-27-36(38)45-35(33-44-46(39,40)43-31-28-37)32-41-29-24-30-42-34-25-21-20-22-26-34/h3-4,6-7,9-10,12-13,15-16,18-22,25-26,35H,2,5,8,11,14,17,23-24,27-33,37H2,1H3,(H,39,40)/b4-3-,7-6-,10-9-,13-12-,16-15-,19-18-/t35-/m1/s1. The molecule has 2 atom stereocenters. The molecule has 0 saturated heterocycles. The number of hydrogen-bond acceptors (Lipinski definition) is 8. The average Bonchev–Trinajstić information content (AvgIpc) is 3.05. The molecule has 0 aliphatic carbocycles. The number of phosphoric acid groups is 1. The number of ether oxygens (including phenoxy) is 3. The van der Waals surface area contributed by atoms with Crippen LogP contribution in [-0.2, 0) is 27.9 Å². The van der Waals surface area contributed by atoms with Crippen LogP contribution in [0.3, 0.4) is 0 Å². The number of phosphoric ester groups is 1. The van der Waals surface area contributed by atoms with Crippen LogP contribution >= 0.6 is 7.82 Å². The number of carbonyl (C=O) groups is 1. The monoisotopic (exact) mass is 659 g/mol. The lowest BCUT2D eigenvalue weighted by Gasteiger charge is -2.20. The molecule has 0 saturated carbocycles. The van der Waals surface area contributed by atoms with Gasteiger partial charge < -0.3 is 24.8 Å². The largest absolute Gasteiger partial charge is 0.494 e. The molecule has 3 N–H and O–H groups in total. The van der Waals surface area contributed by atoms with Gasteiger partial charge in [0.05, 0.1) is 26.4 Å². The zero-order valence-electron chi connectivity index (χ0n) is 27.3. The zero-order valence-corrected chi connectivity index (χ0v) is 28.2. The Hall–Kier alpha value is -3.04. The number of para-hydroxylation sites is 1. The van der Waals surface area contributed by atoms with Crippen LogP contribution in [0.1, 0.15) is 64.7 Å². The molecule has 0 aliphatic rings. The Morgan fingerprint density at radius 1 is 0.783 bits per heavy atom. The van der Waals surface area contributed by atoms with E-state index in [0.717, 1.165) is 44.3 Å². The summed E-state index contributed by atoms with van der Waals surface area (Å²) < 4.78 is 38.5. The van der Waals surface area contributed by atoms with E-state index in [-0.39, 0.29) is 32.8 Å². The zero-order chi connectivity index (χ0) is 33.4. The lowest BCUT2D eigenvalue weighted by molar-refractivity contribution is -0.154. The van der Waals surface area contributed by atoms with Gasteiger partial charge in [0.1, 0.15) is 11.9 Å². The molecule has 0 amide bonds. The predicted molar refractivity (Wildman–Crippen MR) is 185 cm³/mol. The van der Waals surface area contributed by atoms with Gasteiger partial charge in [-0.15, -0.1) is 0 Å². The number of rotatable bonds is 28. The van der Waals surface area contributed by atoms with Crippen LogP contribution in [0.15, 0.2) is 103 Å². The minimum Gasteiger partial charge on any atom is -0.494 e. The second-order valence-corrected chi connectivity index (χ2v) is 11.5. The Labute approximate surface area is 276 Å². The summed E-state index contributed by atoms with van der Waals surface area (Å²) in [7, 11) is -4.32. The van der Waals surface area contributed by atoms with Crippen molar-refractivity contribution in [2.45, 2.75) is 70.8 Å². The van der Waals surface area contributed by atoms with Crippen LogP contribution in [0.2, 0.25) is 0 Å². The second kappa shape index (κ2) is 29.4. The SMILES string of the molecule is CC/C=C\C/C=C\C/C=C\C/C=C\C/C=C\C/C=C\CCC(=O)O[C@H](COCCCOc1ccccc1)COP(=O)(O)OCCN. The van der Waals surface area contributed by atoms with Crippen molar-refractivity contribution in [3.63, 3.8) is 0 Å². The molecule has 10 heteroatoms. The van der Waals surface area contributed by atoms with E-state index >= 15 is 0 Å². The summed E-state index contributed by atoms with van der Waals surface area (Å²) in [5.41, 5.74) is 5.31. The quantitative estimate of drug-likeness (QED) is 0.0399. The molecule has 1 unspecified atom stereocenters. The molecule has 0 aromatic heterocycles. The maximum Gasteiger partial charge on any atom is 0.472 e. The molecule has 1 aromatic carbocycles. The minimum atomic E-state index is -4.32. The van der Waals surface area contributed by atoms with Crippen molar-refractivity contribution >= 4 is 13.8 Å². The average molecular weight is 660 g/mol. The Bertz CT molecular complexity index is 1110. The highest BCUT2D eigenvalue weighted by Gasteiger charge is 2.25. The molecule has 0 spiro atoms. The molecule has 0 bridgehead atoms. The minimum absolute atomic E-state index is 0.00607. The van der Waals surface area contributed by atoms with E-state index < -0.39 is 19.9 Å². The molecular weight excluding hydrogens is 605 g/mol. The first-order valence-corrected chi connectivity index (χ1v) is 17.6. The molecule has 0 aliphatic heterocycles. The van der Waals surface area contributed by atoms with Gasteiger partial charge >= 0.3 is 13.8 Å². The lowest BCUT2D eigenvalue weighted by Crippen LogP contribution is -2.28. The third-order valence-corrected chi connectivity index (χ3v) is 6.94. The molecule has 9 nitrogen and oxygen atoms in total. The van der Waals surface area contributed by atoms with Gasteiger partial charge in [-0.3, -0.25) is 13.8 Å². The van der Waals surface area contributed by atoms with Gasteiger partial charge in [-0.2, -0.15) is 0 Å². The van der Waals surface area contributed by atoms with Crippen molar-refractivity contribution in [1.29, 1.82) is 0 Å². The van der Waals surface area contributed by atoms with Crippen molar-refractivity contribution in [2.75, 3.05) is 39.6 Å². The van der Waals surface area contributed by atoms with Crippen molar-refractivity contribution < 1.29 is 37.5 Å². The molecule has 1 aromatic rings. The first-order valence-electron chi connectivity index (χ1n) is 16.1. The Morgan fingerprint density at radius 3 is 1.91 bits per heavy atom. The van der Waals surface area contributed by atoms with Gasteiger partial charge in [0, 0.05) is 26.0 Å². The highest BCUT2D eigenvalue weighted by atomic mass is 31.2. The third-order valence-electron chi connectivity index (χ3n) is 5.95. The number of nitrogens with two attached hydrogens (primary N) is 1. The Kier molecular flexibility index (Phi) is 26.2. The van der Waals surface area contributed by atoms with E-state index in [1.807, 2.05) is 42.5 Å². The summed E-state index contributed by atoms with van der Waals surface area (Å²) in [5.74, 6) is 0.311. The molecule has 1 rings (SSSR count). The number of allylic oxidation sites excluding steroid dienone is 12. The van der Waals surface area contributed by atoms with E-state index in [1.54, 1.807) is 0 Å². The van der Waals surface area contributed by atoms with Crippen LogP contribution in [0.5, 0.6) is 5.75 Å². The molecule has 0 heterocycles. The van der Waals surface area contributed by atoms with E-state index in [0.29, 0.717) is 26.1 Å². The van der Waals surface area contributed by atoms with Crippen LogP contribution in [0, 0.1) is 0 Å². The normalized spacial score (nSPS) is 14.4. The van der Waals surface area contributed by atoms with Crippen molar-refractivity contribution in [2.24, 2.45) is 5.73 Å². The van der Waals surface area contributed by atoms with Crippen LogP contribution in [-0.4, -0.2) is 56.5 Å². The maximum absolute atomic E-state index is 12.4.